The SMILES string of the molecule is [C-]#CC(F)(F)C(F)(F)C(F)(F)F.[Cl][Zn+]. The van der Waals surface area contributed by atoms with Crippen LogP contribution in [0.4, 0.5) is 30.7 Å². The number of rotatable bonds is 1. The fourth-order valence-electron chi connectivity index (χ4n) is 0.257. The predicted molar refractivity (Wildman–Crippen MR) is 28.9 cm³/mol. The molecule has 0 aliphatic carbocycles. The van der Waals surface area contributed by atoms with Gasteiger partial charge in [0.15, 0.2) is 0 Å². The van der Waals surface area contributed by atoms with Crippen molar-refractivity contribution in [3.8, 4) is 5.92 Å². The molecule has 0 aromatic heterocycles. The Balaban J connectivity index is 0. The van der Waals surface area contributed by atoms with Gasteiger partial charge in [0.1, 0.15) is 0 Å². The zero-order valence-electron chi connectivity index (χ0n) is 6.23. The zero-order chi connectivity index (χ0) is 12.2. The maximum absolute atomic E-state index is 11.7. The zero-order valence-corrected chi connectivity index (χ0v) is 9.95. The van der Waals surface area contributed by atoms with Crippen LogP contribution >= 0.6 is 9.69 Å². The minimum atomic E-state index is -6.38. The van der Waals surface area contributed by atoms with E-state index in [1.807, 2.05) is 0 Å². The molecule has 0 aliphatic heterocycles. The second-order valence-corrected chi connectivity index (χ2v) is 1.77. The van der Waals surface area contributed by atoms with Gasteiger partial charge >= 0.3 is 45.0 Å². The Bertz CT molecular complexity index is 215. The van der Waals surface area contributed by atoms with Crippen LogP contribution in [0.5, 0.6) is 0 Å². The number of alkyl halides is 7. The van der Waals surface area contributed by atoms with Crippen LogP contribution in [-0.4, -0.2) is 18.0 Å². The topological polar surface area (TPSA) is 0 Å². The molecule has 0 aliphatic rings. The number of hydrogen-bond acceptors (Lipinski definition) is 0. The summed E-state index contributed by atoms with van der Waals surface area (Å²) in [4.78, 5) is 0. The average molecular weight is 294 g/mol. The number of hydrogen-bond donors (Lipinski definition) is 0. The second kappa shape index (κ2) is 5.17. The third-order valence-electron chi connectivity index (χ3n) is 0.907. The Hall–Kier alpha value is -0.0166. The van der Waals surface area contributed by atoms with E-state index in [9.17, 15) is 30.7 Å². The van der Waals surface area contributed by atoms with Crippen LogP contribution in [0.15, 0.2) is 0 Å². The molecule has 14 heavy (non-hydrogen) atoms. The fourth-order valence-corrected chi connectivity index (χ4v) is 0.257. The van der Waals surface area contributed by atoms with Crippen molar-refractivity contribution in [3.63, 3.8) is 0 Å². The van der Waals surface area contributed by atoms with E-state index in [0.717, 1.165) is 17.3 Å². The van der Waals surface area contributed by atoms with E-state index in [2.05, 4.69) is 0 Å². The van der Waals surface area contributed by atoms with Gasteiger partial charge in [-0.25, -0.2) is 0 Å². The fraction of sp³-hybridized carbons (Fsp3) is 0.600. The molecule has 0 rings (SSSR count). The van der Waals surface area contributed by atoms with Gasteiger partial charge in [-0.1, -0.05) is 0 Å². The Morgan fingerprint density at radius 1 is 0.929 bits per heavy atom. The van der Waals surface area contributed by atoms with E-state index in [-0.39, 0.29) is 5.92 Å². The van der Waals surface area contributed by atoms with Gasteiger partial charge in [0.05, 0.1) is 0 Å². The second-order valence-electron chi connectivity index (χ2n) is 1.77. The number of halogens is 8. The van der Waals surface area contributed by atoms with Crippen molar-refractivity contribution in [2.45, 2.75) is 18.0 Å². The molecular formula is C5ClF7Zn. The van der Waals surface area contributed by atoms with Gasteiger partial charge in [-0.05, 0) is 0 Å². The molecule has 0 aromatic rings. The van der Waals surface area contributed by atoms with E-state index in [4.69, 9.17) is 16.1 Å². The van der Waals surface area contributed by atoms with Crippen LogP contribution in [0.3, 0.4) is 0 Å². The summed E-state index contributed by atoms with van der Waals surface area (Å²) in [6.45, 7) is 0. The monoisotopic (exact) mass is 292 g/mol. The summed E-state index contributed by atoms with van der Waals surface area (Å²) in [5.74, 6) is -12.0. The van der Waals surface area contributed by atoms with Gasteiger partial charge < -0.3 is 6.42 Å². The Morgan fingerprint density at radius 3 is 1.29 bits per heavy atom. The molecule has 0 bridgehead atoms. The first-order valence-corrected chi connectivity index (χ1v) is 6.49. The molecule has 0 spiro atoms. The summed E-state index contributed by atoms with van der Waals surface area (Å²) < 4.78 is 80.1. The quantitative estimate of drug-likeness (QED) is 0.302. The summed E-state index contributed by atoms with van der Waals surface area (Å²) in [7, 11) is 4.76. The van der Waals surface area contributed by atoms with Crippen LogP contribution in [0.1, 0.15) is 0 Å². The Kier molecular flexibility index (Phi) is 6.07. The molecule has 0 nitrogen and oxygen atoms in total. The van der Waals surface area contributed by atoms with Crippen molar-refractivity contribution in [2.24, 2.45) is 0 Å². The molecule has 0 aromatic carbocycles. The average Bonchev–Trinajstić information content (AvgIpc) is 2.06. The van der Waals surface area contributed by atoms with Crippen molar-refractivity contribution >= 4 is 9.69 Å². The molecule has 78 valence electrons. The molecule has 0 radical (unpaired) electrons. The van der Waals surface area contributed by atoms with Crippen LogP contribution in [0.25, 0.3) is 0 Å². The summed E-state index contributed by atoms with van der Waals surface area (Å²) >= 11 is 0.847. The maximum atomic E-state index is 11.7. The minimum absolute atomic E-state index is 0.165. The summed E-state index contributed by atoms with van der Waals surface area (Å²) in [6.07, 6.45) is -0.823. The van der Waals surface area contributed by atoms with E-state index >= 15 is 0 Å². The summed E-state index contributed by atoms with van der Waals surface area (Å²) in [5.41, 5.74) is 0. The molecule has 9 heteroatoms. The molecule has 0 atom stereocenters. The molecule has 0 unspecified atom stereocenters. The Labute approximate surface area is 88.5 Å². The molecule has 0 saturated carbocycles. The first kappa shape index (κ1) is 16.4. The van der Waals surface area contributed by atoms with Gasteiger partial charge in [0.25, 0.3) is 0 Å². The van der Waals surface area contributed by atoms with Crippen LogP contribution in [-0.2, 0) is 17.3 Å². The molecule has 0 amide bonds. The van der Waals surface area contributed by atoms with Gasteiger partial charge in [-0.2, -0.15) is 30.7 Å². The van der Waals surface area contributed by atoms with Crippen LogP contribution in [0, 0.1) is 12.3 Å². The van der Waals surface area contributed by atoms with Gasteiger partial charge in [0, 0.05) is 0 Å². The normalized spacial score (nSPS) is 12.6. The standard InChI is InChI=1S/C5F7.ClH.Zn/c1-2-3(6,7)4(8,9)5(10,11)12;;/h;1H;/q-1;;+2/p-1. The first-order valence-electron chi connectivity index (χ1n) is 2.59. The molecule has 0 N–H and O–H groups in total. The van der Waals surface area contributed by atoms with Crippen LogP contribution in [0.2, 0.25) is 0 Å². The van der Waals surface area contributed by atoms with Crippen molar-refractivity contribution in [2.75, 3.05) is 0 Å². The van der Waals surface area contributed by atoms with Crippen LogP contribution < -0.4 is 0 Å². The van der Waals surface area contributed by atoms with Gasteiger partial charge in [-0.3, -0.25) is 5.92 Å². The third-order valence-corrected chi connectivity index (χ3v) is 0.907. The van der Waals surface area contributed by atoms with Crippen molar-refractivity contribution in [3.05, 3.63) is 6.42 Å². The van der Waals surface area contributed by atoms with Gasteiger partial charge in [-0.15, -0.1) is 0 Å². The summed E-state index contributed by atoms with van der Waals surface area (Å²) in [6, 6.07) is 0. The predicted octanol–water partition coefficient (Wildman–Crippen LogP) is 3.10. The van der Waals surface area contributed by atoms with Crippen molar-refractivity contribution < 1.29 is 48.0 Å². The van der Waals surface area contributed by atoms with Gasteiger partial charge in [0.2, 0.25) is 0 Å². The van der Waals surface area contributed by atoms with Crippen molar-refractivity contribution in [1.82, 2.24) is 0 Å². The van der Waals surface area contributed by atoms with Crippen molar-refractivity contribution in [1.29, 1.82) is 0 Å². The first-order chi connectivity index (χ1) is 6.06. The van der Waals surface area contributed by atoms with E-state index in [1.165, 1.54) is 0 Å². The molecule has 0 saturated heterocycles. The van der Waals surface area contributed by atoms with E-state index in [1.54, 1.807) is 0 Å². The molecule has 0 heterocycles. The molecular weight excluding hydrogens is 294 g/mol. The molecule has 0 fully saturated rings. The Morgan fingerprint density at radius 2 is 1.21 bits per heavy atom. The van der Waals surface area contributed by atoms with E-state index < -0.39 is 18.0 Å². The summed E-state index contributed by atoms with van der Waals surface area (Å²) in [5, 5.41) is 0. The third kappa shape index (κ3) is 3.28. The van der Waals surface area contributed by atoms with E-state index in [0.29, 0.717) is 0 Å².